The van der Waals surface area contributed by atoms with Crippen LogP contribution >= 0.6 is 15.9 Å². The first kappa shape index (κ1) is 10.6. The van der Waals surface area contributed by atoms with Crippen LogP contribution in [0.5, 0.6) is 0 Å². The summed E-state index contributed by atoms with van der Waals surface area (Å²) in [6.07, 6.45) is 5.39. The summed E-state index contributed by atoms with van der Waals surface area (Å²) in [4.78, 5) is 6.35. The van der Waals surface area contributed by atoms with Crippen LogP contribution in [0.25, 0.3) is 0 Å². The smallest absolute Gasteiger partial charge is 0.148 e. The van der Waals surface area contributed by atoms with Gasteiger partial charge >= 0.3 is 0 Å². The largest absolute Gasteiger partial charge is 0.355 e. The molecule has 0 bridgehead atoms. The van der Waals surface area contributed by atoms with Gasteiger partial charge < -0.3 is 4.90 Å². The lowest BCUT2D eigenvalue weighted by Gasteiger charge is -2.28. The molecular weight excluding hydrogens is 254 g/mol. The van der Waals surface area contributed by atoms with Gasteiger partial charge in [-0.15, -0.1) is 0 Å². The van der Waals surface area contributed by atoms with Crippen LogP contribution < -0.4 is 0 Å². The Labute approximate surface area is 98.1 Å². The number of pyridine rings is 1. The van der Waals surface area contributed by atoms with Crippen LogP contribution in [-0.2, 0) is 0 Å². The molecule has 1 aromatic rings. The number of rotatable bonds is 1. The van der Waals surface area contributed by atoms with Gasteiger partial charge in [0, 0.05) is 23.8 Å². The van der Waals surface area contributed by atoms with E-state index in [1.165, 1.54) is 19.3 Å². The highest BCUT2D eigenvalue weighted by molar-refractivity contribution is 9.10. The second-order valence-corrected chi connectivity index (χ2v) is 4.58. The van der Waals surface area contributed by atoms with Crippen molar-refractivity contribution in [3.05, 3.63) is 28.5 Å². The fourth-order valence-corrected chi connectivity index (χ4v) is 2.27. The minimum absolute atomic E-state index is 0.544. The molecule has 2 rings (SSSR count). The molecule has 0 amide bonds. The summed E-state index contributed by atoms with van der Waals surface area (Å²) in [6, 6.07) is 3.80. The number of aromatic nitrogens is 1. The van der Waals surface area contributed by atoms with Gasteiger partial charge in [-0.05, 0) is 47.3 Å². The predicted octanol–water partition coefficient (Wildman–Crippen LogP) is 2.66. The van der Waals surface area contributed by atoms with E-state index >= 15 is 0 Å². The molecule has 0 saturated carbocycles. The van der Waals surface area contributed by atoms with E-state index in [2.05, 4.69) is 25.8 Å². The Kier molecular flexibility index (Phi) is 3.36. The summed E-state index contributed by atoms with van der Waals surface area (Å²) in [6.45, 7) is 1.98. The molecule has 1 aliphatic rings. The Morgan fingerprint density at radius 2 is 2.07 bits per heavy atom. The molecule has 0 aliphatic carbocycles. The lowest BCUT2D eigenvalue weighted by atomic mass is 10.1. The predicted molar refractivity (Wildman–Crippen MR) is 64.2 cm³/mol. The van der Waals surface area contributed by atoms with Gasteiger partial charge in [0.15, 0.2) is 0 Å². The number of hydrogen-bond acceptors (Lipinski definition) is 2. The molecule has 0 atom stereocenters. The highest BCUT2D eigenvalue weighted by Crippen LogP contribution is 2.17. The summed E-state index contributed by atoms with van der Waals surface area (Å²) in [5.41, 5.74) is 0.749. The molecule has 1 saturated heterocycles. The third-order valence-electron chi connectivity index (χ3n) is 2.66. The van der Waals surface area contributed by atoms with E-state index in [1.807, 2.05) is 12.1 Å². The summed E-state index contributed by atoms with van der Waals surface area (Å²) in [5, 5.41) is 8.10. The van der Waals surface area contributed by atoms with Gasteiger partial charge in [0.1, 0.15) is 11.5 Å². The maximum atomic E-state index is 8.10. The topological polar surface area (TPSA) is 40.0 Å². The minimum atomic E-state index is 0.544. The minimum Gasteiger partial charge on any atom is -0.355 e. The number of nitrogens with one attached hydrogen (secondary N) is 1. The fraction of sp³-hybridized carbons (Fsp3) is 0.455. The summed E-state index contributed by atoms with van der Waals surface area (Å²) in [7, 11) is 0. The van der Waals surface area contributed by atoms with Crippen LogP contribution in [0.3, 0.4) is 0 Å². The van der Waals surface area contributed by atoms with Crippen molar-refractivity contribution < 1.29 is 0 Å². The Morgan fingerprint density at radius 1 is 1.33 bits per heavy atom. The van der Waals surface area contributed by atoms with Crippen LogP contribution in [0.15, 0.2) is 22.8 Å². The first-order valence-corrected chi connectivity index (χ1v) is 6.03. The van der Waals surface area contributed by atoms with Crippen molar-refractivity contribution in [2.24, 2.45) is 0 Å². The van der Waals surface area contributed by atoms with Crippen molar-refractivity contribution in [3.63, 3.8) is 0 Å². The van der Waals surface area contributed by atoms with Gasteiger partial charge in [0.25, 0.3) is 0 Å². The van der Waals surface area contributed by atoms with Gasteiger partial charge in [0.05, 0.1) is 0 Å². The Hall–Kier alpha value is -0.900. The normalized spacial score (nSPS) is 16.5. The van der Waals surface area contributed by atoms with Crippen molar-refractivity contribution in [1.29, 1.82) is 5.41 Å². The molecule has 0 aromatic carbocycles. The number of halogens is 1. The van der Waals surface area contributed by atoms with Crippen LogP contribution in [0.4, 0.5) is 0 Å². The zero-order valence-electron chi connectivity index (χ0n) is 8.54. The average Bonchev–Trinajstić information content (AvgIpc) is 2.30. The Morgan fingerprint density at radius 3 is 2.73 bits per heavy atom. The lowest BCUT2D eigenvalue weighted by Crippen LogP contribution is -2.36. The second-order valence-electron chi connectivity index (χ2n) is 3.73. The van der Waals surface area contributed by atoms with Crippen molar-refractivity contribution in [3.8, 4) is 0 Å². The van der Waals surface area contributed by atoms with E-state index in [0.717, 1.165) is 23.3 Å². The maximum Gasteiger partial charge on any atom is 0.148 e. The number of hydrogen-bond donors (Lipinski definition) is 1. The summed E-state index contributed by atoms with van der Waals surface area (Å²) < 4.78 is 0.903. The summed E-state index contributed by atoms with van der Waals surface area (Å²) >= 11 is 3.43. The molecule has 3 nitrogen and oxygen atoms in total. The molecule has 1 N–H and O–H groups in total. The molecule has 0 radical (unpaired) electrons. The SMILES string of the molecule is N=C(c1ncccc1Br)N1CCCCC1. The molecular formula is C11H14BrN3. The van der Waals surface area contributed by atoms with Crippen molar-refractivity contribution in [2.75, 3.05) is 13.1 Å². The molecule has 80 valence electrons. The third-order valence-corrected chi connectivity index (χ3v) is 3.29. The fourth-order valence-electron chi connectivity index (χ4n) is 1.83. The molecule has 4 heteroatoms. The van der Waals surface area contributed by atoms with Gasteiger partial charge in [-0.3, -0.25) is 10.4 Å². The van der Waals surface area contributed by atoms with Crippen molar-refractivity contribution >= 4 is 21.8 Å². The quantitative estimate of drug-likeness (QED) is 0.628. The van der Waals surface area contributed by atoms with Crippen LogP contribution in [-0.4, -0.2) is 28.8 Å². The van der Waals surface area contributed by atoms with Gasteiger partial charge in [0.2, 0.25) is 0 Å². The monoisotopic (exact) mass is 267 g/mol. The number of piperidine rings is 1. The summed E-state index contributed by atoms with van der Waals surface area (Å²) in [5.74, 6) is 0.544. The first-order chi connectivity index (χ1) is 7.29. The van der Waals surface area contributed by atoms with E-state index in [9.17, 15) is 0 Å². The molecule has 0 spiro atoms. The Bertz CT molecular complexity index is 359. The highest BCUT2D eigenvalue weighted by atomic mass is 79.9. The number of likely N-dealkylation sites (tertiary alicyclic amines) is 1. The van der Waals surface area contributed by atoms with Crippen LogP contribution in [0, 0.1) is 5.41 Å². The molecule has 2 heterocycles. The first-order valence-electron chi connectivity index (χ1n) is 5.23. The lowest BCUT2D eigenvalue weighted by molar-refractivity contribution is 0.340. The average molecular weight is 268 g/mol. The second kappa shape index (κ2) is 4.75. The van der Waals surface area contributed by atoms with Gasteiger partial charge in [-0.25, -0.2) is 0 Å². The highest BCUT2D eigenvalue weighted by Gasteiger charge is 2.17. The molecule has 0 unspecified atom stereocenters. The molecule has 15 heavy (non-hydrogen) atoms. The van der Waals surface area contributed by atoms with Crippen molar-refractivity contribution in [2.45, 2.75) is 19.3 Å². The van der Waals surface area contributed by atoms with E-state index < -0.39 is 0 Å². The molecule has 1 aromatic heterocycles. The number of amidine groups is 1. The van der Waals surface area contributed by atoms with E-state index in [-0.39, 0.29) is 0 Å². The maximum absolute atomic E-state index is 8.10. The van der Waals surface area contributed by atoms with Crippen LogP contribution in [0.2, 0.25) is 0 Å². The Balaban J connectivity index is 2.16. The van der Waals surface area contributed by atoms with E-state index in [4.69, 9.17) is 5.41 Å². The molecule has 1 aliphatic heterocycles. The third kappa shape index (κ3) is 2.37. The van der Waals surface area contributed by atoms with Gasteiger partial charge in [-0.2, -0.15) is 0 Å². The molecule has 1 fully saturated rings. The van der Waals surface area contributed by atoms with Gasteiger partial charge in [-0.1, -0.05) is 0 Å². The number of nitrogens with zero attached hydrogens (tertiary/aromatic N) is 2. The van der Waals surface area contributed by atoms with Crippen LogP contribution in [0.1, 0.15) is 25.0 Å². The van der Waals surface area contributed by atoms with E-state index in [0.29, 0.717) is 5.84 Å². The zero-order chi connectivity index (χ0) is 10.7. The standard InChI is InChI=1S/C11H14BrN3/c12-9-5-4-6-14-10(9)11(13)15-7-2-1-3-8-15/h4-6,13H,1-3,7-8H2. The van der Waals surface area contributed by atoms with Crippen molar-refractivity contribution in [1.82, 2.24) is 9.88 Å². The zero-order valence-corrected chi connectivity index (χ0v) is 10.1. The van der Waals surface area contributed by atoms with E-state index in [1.54, 1.807) is 6.20 Å².